The fraction of sp³-hybridized carbons (Fsp3) is 0.0222. The maximum absolute atomic E-state index is 6.36. The fourth-order valence-electron chi connectivity index (χ4n) is 7.93. The van der Waals surface area contributed by atoms with Gasteiger partial charge in [0.05, 0.1) is 5.41 Å². The first-order valence-corrected chi connectivity index (χ1v) is 16.3. The summed E-state index contributed by atoms with van der Waals surface area (Å²) in [6.45, 7) is 0. The Bertz CT molecular complexity index is 2620. The Labute approximate surface area is 277 Å². The summed E-state index contributed by atoms with van der Waals surface area (Å²) in [5.41, 5.74) is 12.3. The van der Waals surface area contributed by atoms with Crippen LogP contribution in [0.15, 0.2) is 174 Å². The van der Waals surface area contributed by atoms with Gasteiger partial charge in [-0.25, -0.2) is 9.97 Å². The van der Waals surface area contributed by atoms with E-state index >= 15 is 0 Å². The van der Waals surface area contributed by atoms with Crippen molar-refractivity contribution in [3.05, 3.63) is 192 Å². The summed E-state index contributed by atoms with van der Waals surface area (Å²) in [7, 11) is 0. The first-order chi connectivity index (χ1) is 23.8. The molecule has 0 unspecified atom stereocenters. The van der Waals surface area contributed by atoms with Gasteiger partial charge in [0.1, 0.15) is 16.8 Å². The van der Waals surface area contributed by atoms with Gasteiger partial charge in [0, 0.05) is 16.5 Å². The number of hydrogen-bond acceptors (Lipinski definition) is 3. The third-order valence-electron chi connectivity index (χ3n) is 9.95. The molecule has 7 aromatic carbocycles. The summed E-state index contributed by atoms with van der Waals surface area (Å²) < 4.78 is 6.36. The number of para-hydroxylation sites is 1. The van der Waals surface area contributed by atoms with Gasteiger partial charge in [0.2, 0.25) is 0 Å². The average Bonchev–Trinajstić information content (AvgIpc) is 3.69. The van der Waals surface area contributed by atoms with Crippen LogP contribution in [0, 0.1) is 0 Å². The predicted octanol–water partition coefficient (Wildman–Crippen LogP) is 11.2. The maximum atomic E-state index is 6.36. The van der Waals surface area contributed by atoms with E-state index in [1.165, 1.54) is 38.8 Å². The van der Waals surface area contributed by atoms with Gasteiger partial charge in [0.15, 0.2) is 11.4 Å². The third-order valence-corrected chi connectivity index (χ3v) is 9.95. The molecule has 0 aliphatic heterocycles. The summed E-state index contributed by atoms with van der Waals surface area (Å²) in [4.78, 5) is 10.3. The molecule has 0 fully saturated rings. The molecule has 0 radical (unpaired) electrons. The molecule has 0 amide bonds. The second kappa shape index (κ2) is 10.3. The Hall–Kier alpha value is -6.32. The Morgan fingerprint density at radius 2 is 1.15 bits per heavy atom. The van der Waals surface area contributed by atoms with E-state index < -0.39 is 5.41 Å². The molecule has 48 heavy (non-hydrogen) atoms. The fourth-order valence-corrected chi connectivity index (χ4v) is 7.93. The zero-order valence-electron chi connectivity index (χ0n) is 26.0. The molecular weight excluding hydrogens is 585 g/mol. The van der Waals surface area contributed by atoms with E-state index in [1.54, 1.807) is 0 Å². The Balaban J connectivity index is 1.25. The van der Waals surface area contributed by atoms with E-state index in [0.717, 1.165) is 38.7 Å². The molecule has 0 saturated heterocycles. The zero-order chi connectivity index (χ0) is 31.7. The summed E-state index contributed by atoms with van der Waals surface area (Å²) in [5.74, 6) is 0.677. The second-order valence-corrected chi connectivity index (χ2v) is 12.5. The molecule has 3 nitrogen and oxygen atoms in total. The van der Waals surface area contributed by atoms with Crippen LogP contribution in [0.5, 0.6) is 0 Å². The molecule has 224 valence electrons. The van der Waals surface area contributed by atoms with Crippen molar-refractivity contribution >= 4 is 32.8 Å². The van der Waals surface area contributed by atoms with Crippen molar-refractivity contribution in [3.8, 4) is 33.8 Å². The minimum Gasteiger partial charge on any atom is -0.452 e. The molecule has 0 bridgehead atoms. The molecule has 0 atom stereocenters. The van der Waals surface area contributed by atoms with E-state index in [0.29, 0.717) is 11.4 Å². The molecule has 1 aliphatic carbocycles. The lowest BCUT2D eigenvalue weighted by molar-refractivity contribution is 0.667. The minimum atomic E-state index is -0.471. The van der Waals surface area contributed by atoms with Crippen molar-refractivity contribution in [1.29, 1.82) is 0 Å². The van der Waals surface area contributed by atoms with Crippen molar-refractivity contribution < 1.29 is 4.42 Å². The molecule has 3 heteroatoms. The lowest BCUT2D eigenvalue weighted by atomic mass is 9.66. The van der Waals surface area contributed by atoms with Crippen LogP contribution in [-0.4, -0.2) is 9.97 Å². The monoisotopic (exact) mass is 612 g/mol. The van der Waals surface area contributed by atoms with E-state index in [-0.39, 0.29) is 0 Å². The van der Waals surface area contributed by atoms with E-state index in [2.05, 4.69) is 133 Å². The average molecular weight is 613 g/mol. The molecule has 0 saturated carbocycles. The highest BCUT2D eigenvalue weighted by atomic mass is 16.3. The first-order valence-electron chi connectivity index (χ1n) is 16.3. The molecule has 2 heterocycles. The van der Waals surface area contributed by atoms with Gasteiger partial charge in [0.25, 0.3) is 0 Å². The largest absolute Gasteiger partial charge is 0.452 e. The van der Waals surface area contributed by atoms with Crippen LogP contribution in [0.2, 0.25) is 0 Å². The van der Waals surface area contributed by atoms with Crippen molar-refractivity contribution in [1.82, 2.24) is 9.97 Å². The van der Waals surface area contributed by atoms with Crippen LogP contribution in [0.1, 0.15) is 22.3 Å². The normalized spacial score (nSPS) is 13.2. The number of nitrogens with zero attached hydrogens (tertiary/aromatic N) is 2. The van der Waals surface area contributed by atoms with Crippen molar-refractivity contribution in [2.75, 3.05) is 0 Å². The highest BCUT2D eigenvalue weighted by Crippen LogP contribution is 2.58. The summed E-state index contributed by atoms with van der Waals surface area (Å²) in [5, 5.41) is 3.36. The highest BCUT2D eigenvalue weighted by molar-refractivity contribution is 6.07. The summed E-state index contributed by atoms with van der Waals surface area (Å²) in [6, 6.07) is 60.4. The summed E-state index contributed by atoms with van der Waals surface area (Å²) in [6.07, 6.45) is 0. The van der Waals surface area contributed by atoms with Crippen LogP contribution in [0.4, 0.5) is 0 Å². The van der Waals surface area contributed by atoms with E-state index in [9.17, 15) is 0 Å². The number of hydrogen-bond donors (Lipinski definition) is 0. The minimum absolute atomic E-state index is 0.471. The summed E-state index contributed by atoms with van der Waals surface area (Å²) >= 11 is 0. The Kier molecular flexibility index (Phi) is 5.79. The SMILES string of the molecule is c1ccc(-c2nc(-c3ccc4c5c(ccc4c3)-c3ccccc3C5(c3ccccc3)c3ccccc3)nc3c2oc2ccccc23)cc1. The molecule has 2 aromatic heterocycles. The zero-order valence-corrected chi connectivity index (χ0v) is 26.0. The third kappa shape index (κ3) is 3.76. The standard InChI is InChI=1S/C45H28N2O/c1-4-14-29(15-5-1)41-43-42(37-21-11-13-23-39(37)48-43)47-44(46-41)31-25-26-34-30(28-31)24-27-36-35-20-10-12-22-38(35)45(40(34)36,32-16-6-2-7-17-32)33-18-8-3-9-19-33/h1-28H. The van der Waals surface area contributed by atoms with E-state index in [1.807, 2.05) is 36.4 Å². The van der Waals surface area contributed by atoms with Crippen LogP contribution in [0.25, 0.3) is 66.6 Å². The molecule has 10 rings (SSSR count). The number of furan rings is 1. The number of fused-ring (bicyclic) bond motifs is 8. The van der Waals surface area contributed by atoms with Crippen LogP contribution < -0.4 is 0 Å². The second-order valence-electron chi connectivity index (χ2n) is 12.5. The Morgan fingerprint density at radius 3 is 1.92 bits per heavy atom. The highest BCUT2D eigenvalue weighted by Gasteiger charge is 2.46. The molecule has 0 N–H and O–H groups in total. The van der Waals surface area contributed by atoms with Gasteiger partial charge in [-0.05, 0) is 62.4 Å². The van der Waals surface area contributed by atoms with Crippen molar-refractivity contribution in [3.63, 3.8) is 0 Å². The first kappa shape index (κ1) is 26.9. The molecule has 0 spiro atoms. The lowest BCUT2D eigenvalue weighted by Gasteiger charge is -2.34. The topological polar surface area (TPSA) is 38.9 Å². The molecule has 9 aromatic rings. The number of aromatic nitrogens is 2. The van der Waals surface area contributed by atoms with Crippen LogP contribution in [0.3, 0.4) is 0 Å². The van der Waals surface area contributed by atoms with Crippen LogP contribution in [-0.2, 0) is 5.41 Å². The van der Waals surface area contributed by atoms with Crippen LogP contribution >= 0.6 is 0 Å². The predicted molar refractivity (Wildman–Crippen MR) is 195 cm³/mol. The Morgan fingerprint density at radius 1 is 0.479 bits per heavy atom. The number of benzene rings is 7. The van der Waals surface area contributed by atoms with Crippen molar-refractivity contribution in [2.45, 2.75) is 5.41 Å². The maximum Gasteiger partial charge on any atom is 0.180 e. The van der Waals surface area contributed by atoms with Gasteiger partial charge in [-0.2, -0.15) is 0 Å². The van der Waals surface area contributed by atoms with Crippen molar-refractivity contribution in [2.24, 2.45) is 0 Å². The molecular formula is C45H28N2O. The number of rotatable bonds is 4. The van der Waals surface area contributed by atoms with Gasteiger partial charge < -0.3 is 4.42 Å². The van der Waals surface area contributed by atoms with Gasteiger partial charge in [-0.15, -0.1) is 0 Å². The quantitative estimate of drug-likeness (QED) is 0.198. The van der Waals surface area contributed by atoms with Gasteiger partial charge >= 0.3 is 0 Å². The van der Waals surface area contributed by atoms with Gasteiger partial charge in [-0.1, -0.05) is 152 Å². The smallest absolute Gasteiger partial charge is 0.180 e. The lowest BCUT2D eigenvalue weighted by Crippen LogP contribution is -2.28. The van der Waals surface area contributed by atoms with E-state index in [4.69, 9.17) is 14.4 Å². The van der Waals surface area contributed by atoms with Gasteiger partial charge in [-0.3, -0.25) is 0 Å². The molecule has 1 aliphatic rings.